The van der Waals surface area contributed by atoms with Gasteiger partial charge in [0.15, 0.2) is 8.32 Å². The van der Waals surface area contributed by atoms with Crippen molar-refractivity contribution in [3.05, 3.63) is 73.3 Å². The highest BCUT2D eigenvalue weighted by Gasteiger charge is 2.51. The number of carbonyl (C=O) groups excluding carboxylic acids is 1. The van der Waals surface area contributed by atoms with E-state index in [0.717, 1.165) is 24.4 Å². The fraction of sp³-hybridized carbons (Fsp3) is 0.500. The van der Waals surface area contributed by atoms with Gasteiger partial charge in [0.2, 0.25) is 0 Å². The summed E-state index contributed by atoms with van der Waals surface area (Å²) in [6.45, 7) is 20.1. The highest BCUT2D eigenvalue weighted by Crippen LogP contribution is 2.38. The van der Waals surface area contributed by atoms with Crippen molar-refractivity contribution in [2.24, 2.45) is 11.8 Å². The van der Waals surface area contributed by atoms with Crippen LogP contribution in [-0.2, 0) is 13.6 Å². The summed E-state index contributed by atoms with van der Waals surface area (Å²) in [4.78, 5) is 11.9. The van der Waals surface area contributed by atoms with Crippen molar-refractivity contribution in [1.29, 1.82) is 0 Å². The Kier molecular flexibility index (Phi) is 10.9. The normalized spacial score (nSPS) is 15.3. The predicted molar refractivity (Wildman–Crippen MR) is 155 cm³/mol. The molecule has 0 bridgehead atoms. The van der Waals surface area contributed by atoms with Crippen LogP contribution in [0.1, 0.15) is 48.5 Å². The quantitative estimate of drug-likeness (QED) is 0.163. The summed E-state index contributed by atoms with van der Waals surface area (Å²) < 4.78 is 14.3. The molecule has 0 radical (unpaired) electrons. The van der Waals surface area contributed by atoms with E-state index in [4.69, 9.17) is 8.85 Å². The van der Waals surface area contributed by atoms with Gasteiger partial charge in [0.05, 0.1) is 12.7 Å². The van der Waals surface area contributed by atoms with Gasteiger partial charge in [-0.25, -0.2) is 0 Å². The Hall–Kier alpha value is -1.80. The fourth-order valence-electron chi connectivity index (χ4n) is 5.31. The minimum atomic E-state index is -2.71. The van der Waals surface area contributed by atoms with E-state index < -0.39 is 16.6 Å². The van der Waals surface area contributed by atoms with Crippen molar-refractivity contribution in [2.75, 3.05) is 6.61 Å². The Labute approximate surface area is 216 Å². The summed E-state index contributed by atoms with van der Waals surface area (Å²) in [6, 6.07) is 24.5. The molecular formula is C30H46O3Si2. The van der Waals surface area contributed by atoms with E-state index in [1.54, 1.807) is 0 Å². The number of benzene rings is 2. The Morgan fingerprint density at radius 3 is 1.69 bits per heavy atom. The molecule has 2 aromatic carbocycles. The van der Waals surface area contributed by atoms with E-state index in [9.17, 15) is 4.79 Å². The Morgan fingerprint density at radius 1 is 0.886 bits per heavy atom. The molecule has 0 aliphatic carbocycles. The molecule has 0 N–H and O–H groups in total. The van der Waals surface area contributed by atoms with Crippen LogP contribution in [0.3, 0.4) is 0 Å². The Bertz CT molecular complexity index is 856. The molecule has 1 unspecified atom stereocenters. The molecule has 35 heavy (non-hydrogen) atoms. The molecule has 0 aromatic heterocycles. The molecule has 0 aliphatic rings. The standard InChI is InChI=1S/C30H46O3Si2/c1-9-28(25(5)23-31)29(33-34(10-2,11-3)12-4)24-32-35(30(6,7)8,26-19-15-13-16-20-26)27-21-17-14-18-22-27/h9,13-23,25,28-29H,1,10-12,24H2,2-8H3/t25?,28-,29-/m0/s1. The summed E-state index contributed by atoms with van der Waals surface area (Å²) in [7, 11) is -4.66. The van der Waals surface area contributed by atoms with Gasteiger partial charge in [-0.15, -0.1) is 6.58 Å². The number of rotatable bonds is 14. The second-order valence-electron chi connectivity index (χ2n) is 10.7. The third-order valence-corrected chi connectivity index (χ3v) is 17.4. The molecule has 5 heteroatoms. The van der Waals surface area contributed by atoms with Crippen LogP contribution in [0, 0.1) is 11.8 Å². The van der Waals surface area contributed by atoms with E-state index in [1.807, 2.05) is 13.0 Å². The van der Waals surface area contributed by atoms with Gasteiger partial charge < -0.3 is 13.6 Å². The van der Waals surface area contributed by atoms with Crippen LogP contribution in [0.2, 0.25) is 23.2 Å². The van der Waals surface area contributed by atoms with Crippen molar-refractivity contribution in [2.45, 2.75) is 77.7 Å². The van der Waals surface area contributed by atoms with Gasteiger partial charge in [0.1, 0.15) is 6.29 Å². The zero-order valence-corrected chi connectivity index (χ0v) is 24.9. The first-order valence-corrected chi connectivity index (χ1v) is 17.6. The molecule has 0 saturated carbocycles. The van der Waals surface area contributed by atoms with Crippen molar-refractivity contribution in [3.63, 3.8) is 0 Å². The number of hydrogen-bond donors (Lipinski definition) is 0. The van der Waals surface area contributed by atoms with E-state index >= 15 is 0 Å². The molecule has 0 aliphatic heterocycles. The average molecular weight is 511 g/mol. The second kappa shape index (κ2) is 13.0. The molecule has 192 valence electrons. The highest BCUT2D eigenvalue weighted by molar-refractivity contribution is 6.99. The van der Waals surface area contributed by atoms with Crippen LogP contribution >= 0.6 is 0 Å². The van der Waals surface area contributed by atoms with Gasteiger partial charge in [-0.2, -0.15) is 0 Å². The Morgan fingerprint density at radius 2 is 1.34 bits per heavy atom. The maximum absolute atomic E-state index is 11.9. The number of carbonyl (C=O) groups is 1. The van der Waals surface area contributed by atoms with E-state index in [-0.39, 0.29) is 23.0 Å². The zero-order valence-electron chi connectivity index (χ0n) is 22.9. The third kappa shape index (κ3) is 6.50. The van der Waals surface area contributed by atoms with Crippen molar-refractivity contribution in [3.8, 4) is 0 Å². The lowest BCUT2D eigenvalue weighted by Gasteiger charge is -2.45. The highest BCUT2D eigenvalue weighted by atomic mass is 28.4. The van der Waals surface area contributed by atoms with E-state index in [0.29, 0.717) is 6.61 Å². The smallest absolute Gasteiger partial charge is 0.261 e. The van der Waals surface area contributed by atoms with Crippen LogP contribution in [0.25, 0.3) is 0 Å². The van der Waals surface area contributed by atoms with Gasteiger partial charge in [-0.3, -0.25) is 0 Å². The van der Waals surface area contributed by atoms with Gasteiger partial charge in [-0.05, 0) is 33.5 Å². The number of hydrogen-bond acceptors (Lipinski definition) is 3. The third-order valence-electron chi connectivity index (χ3n) is 7.74. The minimum absolute atomic E-state index is 0.0951. The van der Waals surface area contributed by atoms with E-state index in [1.165, 1.54) is 10.4 Å². The monoisotopic (exact) mass is 510 g/mol. The van der Waals surface area contributed by atoms with Crippen LogP contribution in [0.5, 0.6) is 0 Å². The Balaban J connectivity index is 2.63. The first kappa shape index (κ1) is 29.4. The lowest BCUT2D eigenvalue weighted by atomic mass is 9.90. The second-order valence-corrected chi connectivity index (χ2v) is 19.7. The van der Waals surface area contributed by atoms with Gasteiger partial charge in [-0.1, -0.05) is 115 Å². The van der Waals surface area contributed by atoms with E-state index in [2.05, 4.69) is 109 Å². The summed E-state index contributed by atoms with van der Waals surface area (Å²) in [5.74, 6) is -0.278. The van der Waals surface area contributed by atoms with Crippen LogP contribution in [-0.4, -0.2) is 35.6 Å². The largest absolute Gasteiger partial charge is 0.411 e. The lowest BCUT2D eigenvalue weighted by Crippen LogP contribution is -2.67. The molecule has 0 heterocycles. The molecular weight excluding hydrogens is 464 g/mol. The maximum Gasteiger partial charge on any atom is 0.261 e. The van der Waals surface area contributed by atoms with Crippen LogP contribution in [0.15, 0.2) is 73.3 Å². The summed E-state index contributed by atoms with van der Waals surface area (Å²) in [5.41, 5.74) is 0. The molecule has 0 amide bonds. The molecule has 2 rings (SSSR count). The van der Waals surface area contributed by atoms with Gasteiger partial charge in [0.25, 0.3) is 8.32 Å². The summed E-state index contributed by atoms with van der Waals surface area (Å²) >= 11 is 0. The van der Waals surface area contributed by atoms with Crippen LogP contribution in [0.4, 0.5) is 0 Å². The maximum atomic E-state index is 11.9. The zero-order chi connectivity index (χ0) is 26.1. The minimum Gasteiger partial charge on any atom is -0.411 e. The van der Waals surface area contributed by atoms with Crippen molar-refractivity contribution < 1.29 is 13.6 Å². The first-order valence-electron chi connectivity index (χ1n) is 13.1. The van der Waals surface area contributed by atoms with Gasteiger partial charge in [0, 0.05) is 11.8 Å². The average Bonchev–Trinajstić information content (AvgIpc) is 2.88. The fourth-order valence-corrected chi connectivity index (χ4v) is 12.7. The summed E-state index contributed by atoms with van der Waals surface area (Å²) in [5, 5.41) is 2.39. The van der Waals surface area contributed by atoms with Gasteiger partial charge >= 0.3 is 0 Å². The first-order chi connectivity index (χ1) is 16.6. The number of aldehydes is 1. The molecule has 3 nitrogen and oxygen atoms in total. The molecule has 3 atom stereocenters. The van der Waals surface area contributed by atoms with Crippen LogP contribution < -0.4 is 10.4 Å². The SMILES string of the molecule is C=C[C@@H](C(C)C=O)[C@H](CO[Si](c1ccccc1)(c1ccccc1)C(C)(C)C)O[Si](CC)(CC)CC. The topological polar surface area (TPSA) is 35.5 Å². The van der Waals surface area contributed by atoms with Crippen molar-refractivity contribution in [1.82, 2.24) is 0 Å². The molecule has 0 saturated heterocycles. The lowest BCUT2D eigenvalue weighted by molar-refractivity contribution is -0.112. The summed E-state index contributed by atoms with van der Waals surface area (Å²) in [6.07, 6.45) is 2.72. The predicted octanol–water partition coefficient (Wildman–Crippen LogP) is 6.59. The molecule has 0 fully saturated rings. The molecule has 2 aromatic rings. The van der Waals surface area contributed by atoms with Crippen molar-refractivity contribution >= 4 is 33.3 Å². The molecule has 0 spiro atoms.